The highest BCUT2D eigenvalue weighted by molar-refractivity contribution is 5.94. The quantitative estimate of drug-likeness (QED) is 0.785. The average molecular weight is 270 g/mol. The van der Waals surface area contributed by atoms with E-state index >= 15 is 0 Å². The third kappa shape index (κ3) is 1.67. The molecular formula is C15H10O5. The van der Waals surface area contributed by atoms with Gasteiger partial charge in [-0.25, -0.2) is 4.79 Å². The number of para-hydroxylation sites is 1. The Bertz CT molecular complexity index is 680. The van der Waals surface area contributed by atoms with Crippen LogP contribution in [0, 0.1) is 0 Å². The van der Waals surface area contributed by atoms with Crippen LogP contribution in [0.1, 0.15) is 22.2 Å². The van der Waals surface area contributed by atoms with Gasteiger partial charge in [-0.1, -0.05) is 18.2 Å². The lowest BCUT2D eigenvalue weighted by molar-refractivity contribution is -0.0382. The molecule has 1 unspecified atom stereocenters. The molecule has 0 radical (unpaired) electrons. The standard InChI is InChI=1S/C15H10O5/c16-14-10-6-12-13(18-8-17-12)7-11(10)15(20-14)19-9-4-2-1-3-5-9/h1-7,15H,8H2. The van der Waals surface area contributed by atoms with Gasteiger partial charge in [0, 0.05) is 0 Å². The van der Waals surface area contributed by atoms with Crippen LogP contribution < -0.4 is 14.2 Å². The Kier molecular flexibility index (Phi) is 2.32. The third-order valence-corrected chi connectivity index (χ3v) is 3.22. The summed E-state index contributed by atoms with van der Waals surface area (Å²) in [5, 5.41) is 0. The number of hydrogen-bond acceptors (Lipinski definition) is 5. The number of esters is 1. The predicted molar refractivity (Wildman–Crippen MR) is 67.8 cm³/mol. The summed E-state index contributed by atoms with van der Waals surface area (Å²) < 4.78 is 21.5. The minimum absolute atomic E-state index is 0.164. The normalized spacial score (nSPS) is 18.6. The molecular weight excluding hydrogens is 260 g/mol. The fourth-order valence-corrected chi connectivity index (χ4v) is 2.26. The molecule has 2 aromatic carbocycles. The van der Waals surface area contributed by atoms with E-state index in [0.29, 0.717) is 28.4 Å². The third-order valence-electron chi connectivity index (χ3n) is 3.22. The molecule has 20 heavy (non-hydrogen) atoms. The van der Waals surface area contributed by atoms with Crippen molar-refractivity contribution in [2.45, 2.75) is 6.29 Å². The van der Waals surface area contributed by atoms with Crippen molar-refractivity contribution in [3.63, 3.8) is 0 Å². The first-order valence-electron chi connectivity index (χ1n) is 6.17. The average Bonchev–Trinajstić information content (AvgIpc) is 3.04. The summed E-state index contributed by atoms with van der Waals surface area (Å²) in [6, 6.07) is 12.6. The molecule has 0 N–H and O–H groups in total. The molecule has 0 aromatic heterocycles. The molecule has 2 aliphatic heterocycles. The van der Waals surface area contributed by atoms with Gasteiger partial charge in [0.1, 0.15) is 5.75 Å². The zero-order valence-electron chi connectivity index (χ0n) is 10.4. The fraction of sp³-hybridized carbons (Fsp3) is 0.133. The Morgan fingerprint density at radius 3 is 2.60 bits per heavy atom. The lowest BCUT2D eigenvalue weighted by Gasteiger charge is -2.13. The van der Waals surface area contributed by atoms with Crippen molar-refractivity contribution in [1.29, 1.82) is 0 Å². The van der Waals surface area contributed by atoms with E-state index in [1.165, 1.54) is 0 Å². The zero-order chi connectivity index (χ0) is 13.5. The van der Waals surface area contributed by atoms with Gasteiger partial charge in [-0.2, -0.15) is 0 Å². The minimum atomic E-state index is -0.755. The Morgan fingerprint density at radius 2 is 1.80 bits per heavy atom. The Balaban J connectivity index is 1.71. The molecule has 0 saturated heterocycles. The first-order chi connectivity index (χ1) is 9.81. The van der Waals surface area contributed by atoms with Gasteiger partial charge in [0.25, 0.3) is 6.29 Å². The number of hydrogen-bond donors (Lipinski definition) is 0. The van der Waals surface area contributed by atoms with Gasteiger partial charge in [-0.15, -0.1) is 0 Å². The smallest absolute Gasteiger partial charge is 0.342 e. The molecule has 2 aliphatic rings. The summed E-state index contributed by atoms with van der Waals surface area (Å²) in [6.45, 7) is 0.164. The van der Waals surface area contributed by atoms with Crippen molar-refractivity contribution in [2.75, 3.05) is 6.79 Å². The summed E-state index contributed by atoms with van der Waals surface area (Å²) in [4.78, 5) is 11.9. The van der Waals surface area contributed by atoms with Crippen LogP contribution in [-0.2, 0) is 4.74 Å². The maximum atomic E-state index is 11.9. The van der Waals surface area contributed by atoms with Crippen molar-refractivity contribution in [3.8, 4) is 17.2 Å². The fourth-order valence-electron chi connectivity index (χ4n) is 2.26. The van der Waals surface area contributed by atoms with E-state index in [4.69, 9.17) is 18.9 Å². The van der Waals surface area contributed by atoms with Crippen LogP contribution in [0.2, 0.25) is 0 Å². The summed E-state index contributed by atoms with van der Waals surface area (Å²) in [5.41, 5.74) is 1.11. The molecule has 2 heterocycles. The van der Waals surface area contributed by atoms with Crippen molar-refractivity contribution in [2.24, 2.45) is 0 Å². The van der Waals surface area contributed by atoms with Crippen LogP contribution in [0.5, 0.6) is 17.2 Å². The van der Waals surface area contributed by atoms with Gasteiger partial charge in [0.05, 0.1) is 11.1 Å². The van der Waals surface area contributed by atoms with Crippen LogP contribution in [-0.4, -0.2) is 12.8 Å². The van der Waals surface area contributed by atoms with Gasteiger partial charge < -0.3 is 18.9 Å². The lowest BCUT2D eigenvalue weighted by atomic mass is 10.1. The summed E-state index contributed by atoms with van der Waals surface area (Å²) >= 11 is 0. The number of cyclic esters (lactones) is 1. The second-order valence-electron chi connectivity index (χ2n) is 4.46. The molecule has 4 rings (SSSR count). The molecule has 5 nitrogen and oxygen atoms in total. The van der Waals surface area contributed by atoms with Crippen molar-refractivity contribution >= 4 is 5.97 Å². The molecule has 1 atom stereocenters. The number of ether oxygens (including phenoxy) is 4. The van der Waals surface area contributed by atoms with Crippen molar-refractivity contribution in [3.05, 3.63) is 53.6 Å². The van der Waals surface area contributed by atoms with Crippen LogP contribution in [0.3, 0.4) is 0 Å². The first kappa shape index (κ1) is 11.2. The molecule has 0 fully saturated rings. The van der Waals surface area contributed by atoms with E-state index < -0.39 is 12.3 Å². The largest absolute Gasteiger partial charge is 0.454 e. The van der Waals surface area contributed by atoms with E-state index in [-0.39, 0.29) is 6.79 Å². The molecule has 2 aromatic rings. The molecule has 0 spiro atoms. The predicted octanol–water partition coefficient (Wildman–Crippen LogP) is 2.66. The van der Waals surface area contributed by atoms with Gasteiger partial charge in [-0.05, 0) is 24.3 Å². The molecule has 0 amide bonds. The monoisotopic (exact) mass is 270 g/mol. The van der Waals surface area contributed by atoms with E-state index in [9.17, 15) is 4.79 Å². The molecule has 5 heteroatoms. The number of rotatable bonds is 2. The second kappa shape index (κ2) is 4.16. The first-order valence-corrected chi connectivity index (χ1v) is 6.17. The molecule has 0 saturated carbocycles. The van der Waals surface area contributed by atoms with Gasteiger partial charge in [-0.3, -0.25) is 0 Å². The summed E-state index contributed by atoms with van der Waals surface area (Å²) in [7, 11) is 0. The van der Waals surface area contributed by atoms with E-state index in [2.05, 4.69) is 0 Å². The zero-order valence-corrected chi connectivity index (χ0v) is 10.4. The number of benzene rings is 2. The van der Waals surface area contributed by atoms with Gasteiger partial charge in [0.2, 0.25) is 6.79 Å². The maximum absolute atomic E-state index is 11.9. The molecule has 100 valence electrons. The Morgan fingerprint density at radius 1 is 1.05 bits per heavy atom. The minimum Gasteiger partial charge on any atom is -0.454 e. The molecule has 0 aliphatic carbocycles. The highest BCUT2D eigenvalue weighted by Gasteiger charge is 2.35. The highest BCUT2D eigenvalue weighted by atomic mass is 16.7. The maximum Gasteiger partial charge on any atom is 0.342 e. The number of carbonyl (C=O) groups is 1. The summed E-state index contributed by atoms with van der Waals surface area (Å²) in [5.74, 6) is 1.37. The number of carbonyl (C=O) groups excluding carboxylic acids is 1. The van der Waals surface area contributed by atoms with Gasteiger partial charge >= 0.3 is 5.97 Å². The highest BCUT2D eigenvalue weighted by Crippen LogP contribution is 2.41. The van der Waals surface area contributed by atoms with Crippen molar-refractivity contribution in [1.82, 2.24) is 0 Å². The van der Waals surface area contributed by atoms with Crippen LogP contribution >= 0.6 is 0 Å². The Labute approximate surface area is 114 Å². The van der Waals surface area contributed by atoms with E-state index in [1.807, 2.05) is 18.2 Å². The van der Waals surface area contributed by atoms with E-state index in [0.717, 1.165) is 0 Å². The molecule has 0 bridgehead atoms. The van der Waals surface area contributed by atoms with E-state index in [1.54, 1.807) is 24.3 Å². The van der Waals surface area contributed by atoms with Crippen LogP contribution in [0.25, 0.3) is 0 Å². The van der Waals surface area contributed by atoms with Gasteiger partial charge in [0.15, 0.2) is 11.5 Å². The second-order valence-corrected chi connectivity index (χ2v) is 4.46. The Hall–Kier alpha value is -2.69. The topological polar surface area (TPSA) is 54.0 Å². The van der Waals surface area contributed by atoms with Crippen LogP contribution in [0.15, 0.2) is 42.5 Å². The lowest BCUT2D eigenvalue weighted by Crippen LogP contribution is -2.07. The van der Waals surface area contributed by atoms with Crippen LogP contribution in [0.4, 0.5) is 0 Å². The SMILES string of the molecule is O=C1OC(Oc2ccccc2)c2cc3c(cc21)OCO3. The number of fused-ring (bicyclic) bond motifs is 2. The van der Waals surface area contributed by atoms with Crippen molar-refractivity contribution < 1.29 is 23.7 Å². The summed E-state index contributed by atoms with van der Waals surface area (Å²) in [6.07, 6.45) is -0.755.